The Bertz CT molecular complexity index is 1300. The summed E-state index contributed by atoms with van der Waals surface area (Å²) >= 11 is 11.9. The number of halogens is 5. The monoisotopic (exact) mass is 583 g/mol. The number of urea groups is 2. The van der Waals surface area contributed by atoms with Gasteiger partial charge in [-0.1, -0.05) is 29.3 Å². The number of nitrogens with one attached hydrogen (secondary N) is 2. The molecular formula is C25H26Cl2F3N7O2. The van der Waals surface area contributed by atoms with Gasteiger partial charge >= 0.3 is 18.2 Å². The van der Waals surface area contributed by atoms with Crippen LogP contribution in [0.15, 0.2) is 64.8 Å². The highest BCUT2D eigenvalue weighted by Gasteiger charge is 2.31. The first kappa shape index (κ1) is 29.8. The molecule has 1 saturated heterocycles. The number of benzene rings is 2. The Kier molecular flexibility index (Phi) is 9.81. The van der Waals surface area contributed by atoms with Crippen molar-refractivity contribution in [1.82, 2.24) is 15.1 Å². The molecule has 0 bridgehead atoms. The molecule has 4 amide bonds. The zero-order chi connectivity index (χ0) is 28.7. The van der Waals surface area contributed by atoms with Crippen molar-refractivity contribution < 1.29 is 22.8 Å². The minimum absolute atomic E-state index is 0.0603. The van der Waals surface area contributed by atoms with Gasteiger partial charge in [0, 0.05) is 34.4 Å². The topological polar surface area (TPSA) is 141 Å². The van der Waals surface area contributed by atoms with Gasteiger partial charge in [-0.05, 0) is 54.5 Å². The molecule has 1 aliphatic heterocycles. The van der Waals surface area contributed by atoms with E-state index < -0.39 is 37.0 Å². The second-order valence-electron chi connectivity index (χ2n) is 8.58. The van der Waals surface area contributed by atoms with E-state index in [0.717, 1.165) is 0 Å². The molecule has 3 rings (SSSR count). The molecule has 2 aromatic rings. The number of rotatable bonds is 6. The van der Waals surface area contributed by atoms with Crippen molar-refractivity contribution in [3.8, 4) is 0 Å². The maximum Gasteiger partial charge on any atom is 0.390 e. The lowest BCUT2D eigenvalue weighted by Gasteiger charge is -2.29. The lowest BCUT2D eigenvalue weighted by Crippen LogP contribution is -2.47. The Labute approximate surface area is 232 Å². The number of primary amides is 1. The number of carbonyl (C=O) groups excluding carboxylic acids is 2. The van der Waals surface area contributed by atoms with Crippen LogP contribution in [0.1, 0.15) is 18.4 Å². The molecule has 9 nitrogen and oxygen atoms in total. The third-order valence-corrected chi connectivity index (χ3v) is 6.26. The van der Waals surface area contributed by atoms with Gasteiger partial charge in [-0.25, -0.2) is 9.59 Å². The summed E-state index contributed by atoms with van der Waals surface area (Å²) in [6.07, 6.45) is -5.57. The third-order valence-electron chi connectivity index (χ3n) is 5.77. The van der Waals surface area contributed by atoms with Crippen molar-refractivity contribution in [3.05, 3.63) is 75.4 Å². The van der Waals surface area contributed by atoms with Crippen LogP contribution in [0.4, 0.5) is 28.4 Å². The number of alkyl halides is 3. The quantitative estimate of drug-likeness (QED) is 0.279. The Morgan fingerprint density at radius 2 is 1.79 bits per heavy atom. The van der Waals surface area contributed by atoms with E-state index in [-0.39, 0.29) is 37.3 Å². The number of likely N-dealkylation sites (tertiary alicyclic amines) is 1. The van der Waals surface area contributed by atoms with Crippen LogP contribution in [0, 0.1) is 5.41 Å². The summed E-state index contributed by atoms with van der Waals surface area (Å²) in [6.45, 7) is -0.699. The maximum atomic E-state index is 13.0. The first-order valence-electron chi connectivity index (χ1n) is 11.7. The number of hydrogen-bond donors (Lipinski definition) is 4. The van der Waals surface area contributed by atoms with Crippen molar-refractivity contribution in [2.24, 2.45) is 16.5 Å². The number of nitrogens with two attached hydrogens (primary N) is 2. The van der Waals surface area contributed by atoms with Crippen molar-refractivity contribution >= 4 is 52.5 Å². The van der Waals surface area contributed by atoms with E-state index in [2.05, 4.69) is 10.3 Å². The van der Waals surface area contributed by atoms with Gasteiger partial charge in [0.05, 0.1) is 30.9 Å². The van der Waals surface area contributed by atoms with E-state index in [1.54, 1.807) is 24.3 Å². The van der Waals surface area contributed by atoms with Gasteiger partial charge in [0.2, 0.25) is 0 Å². The molecule has 1 fully saturated rings. The number of amides is 4. The SMILES string of the molecule is N=C(c1ccc(Cl)cc1)N(CCC(F)(F)F)C(=O)NC/C(N)=C1\CCN(C(N)=O)CC1=Nc1cccc(Cl)c1. The highest BCUT2D eigenvalue weighted by molar-refractivity contribution is 6.31. The maximum absolute atomic E-state index is 13.0. The van der Waals surface area contributed by atoms with Gasteiger partial charge in [-0.15, -0.1) is 0 Å². The molecule has 0 atom stereocenters. The van der Waals surface area contributed by atoms with E-state index in [1.807, 2.05) is 0 Å². The second-order valence-corrected chi connectivity index (χ2v) is 9.46. The van der Waals surface area contributed by atoms with Crippen LogP contribution in [-0.2, 0) is 0 Å². The lowest BCUT2D eigenvalue weighted by molar-refractivity contribution is -0.135. The molecular weight excluding hydrogens is 558 g/mol. The first-order chi connectivity index (χ1) is 18.3. The molecule has 0 radical (unpaired) electrons. The standard InChI is InChI=1S/C25H26Cl2F3N7O2/c26-16-6-4-15(5-7-16)22(32)37(11-9-25(28,29)30)24(39)34-13-20(31)19-8-10-36(23(33)38)14-21(19)35-18-3-1-2-17(27)12-18/h1-7,12,32H,8-11,13-14,31H2,(H2,33,38)(H,34,39)/b20-19-,32-22?,35-21?. The fourth-order valence-electron chi connectivity index (χ4n) is 3.77. The largest absolute Gasteiger partial charge is 0.400 e. The summed E-state index contributed by atoms with van der Waals surface area (Å²) in [6, 6.07) is 10.9. The van der Waals surface area contributed by atoms with Crippen LogP contribution >= 0.6 is 23.2 Å². The highest BCUT2D eigenvalue weighted by atomic mass is 35.5. The number of aliphatic imine (C=N–C) groups is 1. The Balaban J connectivity index is 1.83. The van der Waals surface area contributed by atoms with E-state index in [9.17, 15) is 22.8 Å². The predicted octanol–water partition coefficient (Wildman–Crippen LogP) is 5.05. The van der Waals surface area contributed by atoms with E-state index in [4.69, 9.17) is 40.1 Å². The summed E-state index contributed by atoms with van der Waals surface area (Å²) in [4.78, 5) is 31.4. The molecule has 0 spiro atoms. The lowest BCUT2D eigenvalue weighted by atomic mass is 9.99. The minimum atomic E-state index is -4.54. The molecule has 1 aliphatic rings. The number of carbonyl (C=O) groups is 2. The highest BCUT2D eigenvalue weighted by Crippen LogP contribution is 2.24. The Morgan fingerprint density at radius 1 is 1.10 bits per heavy atom. The van der Waals surface area contributed by atoms with Crippen molar-refractivity contribution in [1.29, 1.82) is 5.41 Å². The zero-order valence-electron chi connectivity index (χ0n) is 20.6. The van der Waals surface area contributed by atoms with Crippen LogP contribution in [0.5, 0.6) is 0 Å². The van der Waals surface area contributed by atoms with Crippen molar-refractivity contribution in [2.45, 2.75) is 19.0 Å². The molecule has 0 unspecified atom stereocenters. The summed E-state index contributed by atoms with van der Waals surface area (Å²) in [7, 11) is 0. The first-order valence-corrected chi connectivity index (χ1v) is 12.4. The molecule has 0 saturated carbocycles. The minimum Gasteiger partial charge on any atom is -0.400 e. The molecule has 208 valence electrons. The van der Waals surface area contributed by atoms with Crippen LogP contribution in [-0.4, -0.2) is 65.8 Å². The van der Waals surface area contributed by atoms with Crippen LogP contribution in [0.25, 0.3) is 0 Å². The van der Waals surface area contributed by atoms with Gasteiger partial charge in [-0.3, -0.25) is 15.3 Å². The Morgan fingerprint density at radius 3 is 2.41 bits per heavy atom. The average molecular weight is 584 g/mol. The zero-order valence-corrected chi connectivity index (χ0v) is 22.1. The van der Waals surface area contributed by atoms with Crippen molar-refractivity contribution in [2.75, 3.05) is 26.2 Å². The predicted molar refractivity (Wildman–Crippen MR) is 145 cm³/mol. The second kappa shape index (κ2) is 12.9. The summed E-state index contributed by atoms with van der Waals surface area (Å²) < 4.78 is 38.9. The molecule has 6 N–H and O–H groups in total. The molecule has 2 aromatic carbocycles. The van der Waals surface area contributed by atoms with Gasteiger partial charge < -0.3 is 21.7 Å². The van der Waals surface area contributed by atoms with Crippen molar-refractivity contribution in [3.63, 3.8) is 0 Å². The number of amidine groups is 1. The normalized spacial score (nSPS) is 16.1. The summed E-state index contributed by atoms with van der Waals surface area (Å²) in [5.41, 5.74) is 13.6. The van der Waals surface area contributed by atoms with E-state index >= 15 is 0 Å². The number of piperidine rings is 1. The van der Waals surface area contributed by atoms with E-state index in [0.29, 0.717) is 31.9 Å². The average Bonchev–Trinajstić information content (AvgIpc) is 2.87. The van der Waals surface area contributed by atoms with Gasteiger partial charge in [-0.2, -0.15) is 13.2 Å². The number of hydrogen-bond acceptors (Lipinski definition) is 5. The fourth-order valence-corrected chi connectivity index (χ4v) is 4.09. The molecule has 14 heteroatoms. The third kappa shape index (κ3) is 8.62. The smallest absolute Gasteiger partial charge is 0.390 e. The van der Waals surface area contributed by atoms with Gasteiger partial charge in [0.25, 0.3) is 0 Å². The molecule has 1 heterocycles. The number of nitrogens with zero attached hydrogens (tertiary/aromatic N) is 3. The van der Waals surface area contributed by atoms with Gasteiger partial charge in [0.1, 0.15) is 5.84 Å². The van der Waals surface area contributed by atoms with Crippen LogP contribution < -0.4 is 16.8 Å². The summed E-state index contributed by atoms with van der Waals surface area (Å²) in [5.74, 6) is -0.433. The molecule has 0 aliphatic carbocycles. The Hall–Kier alpha value is -3.77. The molecule has 39 heavy (non-hydrogen) atoms. The summed E-state index contributed by atoms with van der Waals surface area (Å²) in [5, 5.41) is 11.7. The van der Waals surface area contributed by atoms with Crippen LogP contribution in [0.3, 0.4) is 0 Å². The van der Waals surface area contributed by atoms with Gasteiger partial charge in [0.15, 0.2) is 0 Å². The van der Waals surface area contributed by atoms with Crippen LogP contribution in [0.2, 0.25) is 10.0 Å². The van der Waals surface area contributed by atoms with E-state index in [1.165, 1.54) is 29.2 Å². The molecule has 0 aromatic heterocycles. The fraction of sp³-hybridized carbons (Fsp3) is 0.280.